The predicted molar refractivity (Wildman–Crippen MR) is 80.2 cm³/mol. The van der Waals surface area contributed by atoms with Crippen LogP contribution in [-0.4, -0.2) is 13.0 Å². The topological polar surface area (TPSA) is 38.3 Å². The van der Waals surface area contributed by atoms with E-state index >= 15 is 0 Å². The molecule has 2 saturated carbocycles. The highest BCUT2D eigenvalue weighted by Gasteiger charge is 2.40. The lowest BCUT2D eigenvalue weighted by Gasteiger charge is -2.21. The summed E-state index contributed by atoms with van der Waals surface area (Å²) in [6.07, 6.45) is 5.86. The first-order chi connectivity index (χ1) is 9.65. The summed E-state index contributed by atoms with van der Waals surface area (Å²) in [7, 11) is 1.59. The fraction of sp³-hybridized carbons (Fsp3) is 0.562. The first-order valence-electron chi connectivity index (χ1n) is 7.29. The van der Waals surface area contributed by atoms with Crippen molar-refractivity contribution in [2.45, 2.75) is 32.1 Å². The van der Waals surface area contributed by atoms with Gasteiger partial charge in [-0.1, -0.05) is 18.0 Å². The van der Waals surface area contributed by atoms with Crippen LogP contribution in [-0.2, 0) is 4.79 Å². The van der Waals surface area contributed by atoms with Crippen LogP contribution in [0.5, 0.6) is 5.75 Å². The van der Waals surface area contributed by atoms with E-state index in [1.165, 1.54) is 25.7 Å². The van der Waals surface area contributed by atoms with Gasteiger partial charge in [-0.05, 0) is 55.2 Å². The summed E-state index contributed by atoms with van der Waals surface area (Å²) in [6.45, 7) is 0. The van der Waals surface area contributed by atoms with Crippen LogP contribution in [0, 0.1) is 17.8 Å². The van der Waals surface area contributed by atoms with Crippen molar-refractivity contribution in [1.82, 2.24) is 0 Å². The van der Waals surface area contributed by atoms with Crippen LogP contribution >= 0.6 is 11.6 Å². The van der Waals surface area contributed by atoms with Crippen molar-refractivity contribution in [2.24, 2.45) is 17.8 Å². The summed E-state index contributed by atoms with van der Waals surface area (Å²) >= 11 is 5.97. The molecular formula is C16H20ClNO2. The quantitative estimate of drug-likeness (QED) is 0.907. The monoisotopic (exact) mass is 293 g/mol. The van der Waals surface area contributed by atoms with Gasteiger partial charge in [0.1, 0.15) is 5.75 Å². The van der Waals surface area contributed by atoms with Crippen LogP contribution < -0.4 is 10.1 Å². The maximum atomic E-state index is 12.2. The third-order valence-corrected chi connectivity index (χ3v) is 5.00. The number of hydrogen-bond donors (Lipinski definition) is 1. The minimum Gasteiger partial charge on any atom is -0.495 e. The smallest absolute Gasteiger partial charge is 0.224 e. The Bertz CT molecular complexity index is 517. The predicted octanol–water partition coefficient (Wildman–Crippen LogP) is 4.11. The molecule has 0 spiro atoms. The molecule has 20 heavy (non-hydrogen) atoms. The van der Waals surface area contributed by atoms with Crippen LogP contribution in [0.4, 0.5) is 5.69 Å². The van der Waals surface area contributed by atoms with Crippen LogP contribution in [0.2, 0.25) is 5.02 Å². The molecule has 2 aliphatic rings. The van der Waals surface area contributed by atoms with E-state index in [1.54, 1.807) is 25.3 Å². The van der Waals surface area contributed by atoms with Crippen LogP contribution in [0.3, 0.4) is 0 Å². The number of rotatable bonds is 4. The number of ether oxygens (including phenoxy) is 1. The Morgan fingerprint density at radius 1 is 1.40 bits per heavy atom. The van der Waals surface area contributed by atoms with Gasteiger partial charge in [-0.25, -0.2) is 0 Å². The standard InChI is InChI=1S/C16H20ClNO2/c1-20-15-5-4-13(17)9-14(15)18-16(19)8-12-7-10-2-3-11(12)6-10/h4-5,9-12H,2-3,6-8H2,1H3,(H,18,19). The van der Waals surface area contributed by atoms with Gasteiger partial charge >= 0.3 is 0 Å². The van der Waals surface area contributed by atoms with Crippen LogP contribution in [0.15, 0.2) is 18.2 Å². The van der Waals surface area contributed by atoms with E-state index in [2.05, 4.69) is 5.32 Å². The maximum Gasteiger partial charge on any atom is 0.224 e. The third kappa shape index (κ3) is 2.78. The molecule has 1 aromatic carbocycles. The van der Waals surface area contributed by atoms with Crippen molar-refractivity contribution >= 4 is 23.2 Å². The molecule has 3 nitrogen and oxygen atoms in total. The molecule has 2 fully saturated rings. The third-order valence-electron chi connectivity index (χ3n) is 4.77. The molecule has 0 aromatic heterocycles. The maximum absolute atomic E-state index is 12.2. The van der Waals surface area contributed by atoms with Crippen molar-refractivity contribution in [1.29, 1.82) is 0 Å². The highest BCUT2D eigenvalue weighted by atomic mass is 35.5. The van der Waals surface area contributed by atoms with Crippen LogP contribution in [0.1, 0.15) is 32.1 Å². The van der Waals surface area contributed by atoms with Gasteiger partial charge in [-0.3, -0.25) is 4.79 Å². The van der Waals surface area contributed by atoms with Gasteiger partial charge < -0.3 is 10.1 Å². The summed E-state index contributed by atoms with van der Waals surface area (Å²) in [6, 6.07) is 5.26. The first kappa shape index (κ1) is 13.7. The average molecular weight is 294 g/mol. The molecule has 1 amide bonds. The van der Waals surface area contributed by atoms with E-state index in [9.17, 15) is 4.79 Å². The van der Waals surface area contributed by atoms with Gasteiger partial charge in [-0.15, -0.1) is 0 Å². The molecule has 0 radical (unpaired) electrons. The van der Waals surface area contributed by atoms with Gasteiger partial charge in [0.25, 0.3) is 0 Å². The van der Waals surface area contributed by atoms with Gasteiger partial charge in [-0.2, -0.15) is 0 Å². The second-order valence-electron chi connectivity index (χ2n) is 6.03. The number of fused-ring (bicyclic) bond motifs is 2. The Labute approximate surface area is 124 Å². The van der Waals surface area contributed by atoms with Crippen molar-refractivity contribution in [3.63, 3.8) is 0 Å². The van der Waals surface area contributed by atoms with Crippen molar-refractivity contribution in [2.75, 3.05) is 12.4 Å². The SMILES string of the molecule is COc1ccc(Cl)cc1NC(=O)CC1CC2CCC1C2. The van der Waals surface area contributed by atoms with Crippen molar-refractivity contribution in [3.05, 3.63) is 23.2 Å². The van der Waals surface area contributed by atoms with E-state index in [0.717, 1.165) is 11.8 Å². The van der Waals surface area contributed by atoms with Crippen LogP contribution in [0.25, 0.3) is 0 Å². The Morgan fingerprint density at radius 2 is 2.25 bits per heavy atom. The zero-order valence-corrected chi connectivity index (χ0v) is 12.5. The van der Waals surface area contributed by atoms with E-state index < -0.39 is 0 Å². The highest BCUT2D eigenvalue weighted by molar-refractivity contribution is 6.31. The molecule has 108 valence electrons. The number of methoxy groups -OCH3 is 1. The molecule has 3 rings (SSSR count). The molecule has 4 heteroatoms. The fourth-order valence-corrected chi connectivity index (χ4v) is 4.02. The number of amides is 1. The minimum atomic E-state index is 0.0723. The van der Waals surface area contributed by atoms with E-state index in [-0.39, 0.29) is 5.91 Å². The number of benzene rings is 1. The average Bonchev–Trinajstić information content (AvgIpc) is 3.01. The molecule has 0 aliphatic heterocycles. The second-order valence-corrected chi connectivity index (χ2v) is 6.47. The van der Waals surface area contributed by atoms with Crippen molar-refractivity contribution < 1.29 is 9.53 Å². The fourth-order valence-electron chi connectivity index (χ4n) is 3.84. The highest BCUT2D eigenvalue weighted by Crippen LogP contribution is 2.49. The molecule has 1 aromatic rings. The molecule has 3 atom stereocenters. The lowest BCUT2D eigenvalue weighted by atomic mass is 9.86. The summed E-state index contributed by atoms with van der Waals surface area (Å²) < 4.78 is 5.25. The van der Waals surface area contributed by atoms with Gasteiger partial charge in [0, 0.05) is 11.4 Å². The molecule has 3 unspecified atom stereocenters. The molecular weight excluding hydrogens is 274 g/mol. The molecule has 0 saturated heterocycles. The second kappa shape index (κ2) is 5.65. The Morgan fingerprint density at radius 3 is 2.90 bits per heavy atom. The largest absolute Gasteiger partial charge is 0.495 e. The molecule has 1 N–H and O–H groups in total. The Kier molecular flexibility index (Phi) is 3.88. The van der Waals surface area contributed by atoms with Gasteiger partial charge in [0.2, 0.25) is 5.91 Å². The Hall–Kier alpha value is -1.22. The summed E-state index contributed by atoms with van der Waals surface area (Å²) in [5.74, 6) is 2.93. The van der Waals surface area contributed by atoms with E-state index in [4.69, 9.17) is 16.3 Å². The number of halogens is 1. The molecule has 2 aliphatic carbocycles. The van der Waals surface area contributed by atoms with Crippen molar-refractivity contribution in [3.8, 4) is 5.75 Å². The zero-order chi connectivity index (χ0) is 14.1. The summed E-state index contributed by atoms with van der Waals surface area (Å²) in [5.41, 5.74) is 0.660. The van der Waals surface area contributed by atoms with E-state index in [0.29, 0.717) is 28.8 Å². The number of carbonyl (C=O) groups excluding carboxylic acids is 1. The minimum absolute atomic E-state index is 0.0723. The number of carbonyl (C=O) groups is 1. The van der Waals surface area contributed by atoms with Gasteiger partial charge in [0.15, 0.2) is 0 Å². The van der Waals surface area contributed by atoms with Gasteiger partial charge in [0.05, 0.1) is 12.8 Å². The lowest BCUT2D eigenvalue weighted by Crippen LogP contribution is -2.20. The Balaban J connectivity index is 1.63. The first-order valence-corrected chi connectivity index (χ1v) is 7.67. The molecule has 0 heterocycles. The summed E-state index contributed by atoms with van der Waals surface area (Å²) in [5, 5.41) is 3.54. The lowest BCUT2D eigenvalue weighted by molar-refractivity contribution is -0.117. The van der Waals surface area contributed by atoms with E-state index in [1.807, 2.05) is 0 Å². The number of anilines is 1. The molecule has 2 bridgehead atoms. The number of nitrogens with one attached hydrogen (secondary N) is 1. The summed E-state index contributed by atoms with van der Waals surface area (Å²) in [4.78, 5) is 12.2. The normalized spacial score (nSPS) is 27.6. The number of hydrogen-bond acceptors (Lipinski definition) is 2. The zero-order valence-electron chi connectivity index (χ0n) is 11.7.